The summed E-state index contributed by atoms with van der Waals surface area (Å²) in [7, 11) is 0. The zero-order valence-electron chi connectivity index (χ0n) is 6.10. The maximum atomic E-state index is 12.9. The number of hydrogen-bond acceptors (Lipinski definition) is 1. The fourth-order valence-electron chi connectivity index (χ4n) is 1.15. The molecule has 2 heteroatoms. The lowest BCUT2D eigenvalue weighted by atomic mass is 10.2. The van der Waals surface area contributed by atoms with Crippen LogP contribution >= 0.6 is 11.3 Å². The average Bonchev–Trinajstić information content (AvgIpc) is 2.45. The summed E-state index contributed by atoms with van der Waals surface area (Å²) in [6, 6.07) is 5.34. The van der Waals surface area contributed by atoms with Gasteiger partial charge in [0.2, 0.25) is 0 Å². The molecule has 0 aliphatic rings. The number of aryl methyl sites for hydroxylation is 1. The first-order chi connectivity index (χ1) is 5.29. The van der Waals surface area contributed by atoms with Crippen molar-refractivity contribution >= 4 is 21.4 Å². The van der Waals surface area contributed by atoms with E-state index in [1.165, 1.54) is 6.07 Å². The summed E-state index contributed by atoms with van der Waals surface area (Å²) in [5, 5.41) is 3.12. The number of halogens is 1. The molecular weight excluding hydrogens is 159 g/mol. The molecule has 0 bridgehead atoms. The van der Waals surface area contributed by atoms with E-state index in [1.54, 1.807) is 11.3 Å². The highest BCUT2D eigenvalue weighted by atomic mass is 32.1. The average molecular weight is 166 g/mol. The normalized spacial score (nSPS) is 10.7. The van der Waals surface area contributed by atoms with Gasteiger partial charge in [0.15, 0.2) is 0 Å². The van der Waals surface area contributed by atoms with Gasteiger partial charge in [-0.1, -0.05) is 6.07 Å². The molecule has 0 aliphatic carbocycles. The van der Waals surface area contributed by atoms with Crippen molar-refractivity contribution in [2.45, 2.75) is 6.92 Å². The molecule has 0 N–H and O–H groups in total. The fraction of sp³-hybridized carbons (Fsp3) is 0.111. The van der Waals surface area contributed by atoms with Gasteiger partial charge in [0.05, 0.1) is 0 Å². The van der Waals surface area contributed by atoms with E-state index in [0.29, 0.717) is 0 Å². The van der Waals surface area contributed by atoms with Crippen LogP contribution in [-0.2, 0) is 0 Å². The lowest BCUT2D eigenvalue weighted by Crippen LogP contribution is -1.79. The second-order valence-corrected chi connectivity index (χ2v) is 3.43. The van der Waals surface area contributed by atoms with Crippen LogP contribution in [0.2, 0.25) is 0 Å². The summed E-state index contributed by atoms with van der Waals surface area (Å²) in [5.74, 6) is -0.111. The zero-order chi connectivity index (χ0) is 7.84. The molecule has 0 amide bonds. The summed E-state index contributed by atoms with van der Waals surface area (Å²) in [6.07, 6.45) is 0. The molecule has 0 nitrogen and oxygen atoms in total. The minimum Gasteiger partial charge on any atom is -0.207 e. The molecule has 0 radical (unpaired) electrons. The Kier molecular flexibility index (Phi) is 1.43. The van der Waals surface area contributed by atoms with E-state index in [9.17, 15) is 4.39 Å². The van der Waals surface area contributed by atoms with E-state index in [2.05, 4.69) is 0 Å². The van der Waals surface area contributed by atoms with E-state index in [1.807, 2.05) is 24.4 Å². The van der Waals surface area contributed by atoms with Crippen LogP contribution in [0.15, 0.2) is 23.6 Å². The van der Waals surface area contributed by atoms with Crippen LogP contribution in [0.5, 0.6) is 0 Å². The summed E-state index contributed by atoms with van der Waals surface area (Å²) >= 11 is 1.59. The minimum atomic E-state index is -0.111. The molecule has 1 aromatic heterocycles. The highest BCUT2D eigenvalue weighted by molar-refractivity contribution is 7.17. The van der Waals surface area contributed by atoms with Crippen molar-refractivity contribution < 1.29 is 4.39 Å². The SMILES string of the molecule is Cc1c(F)ccc2ccsc12. The maximum Gasteiger partial charge on any atom is 0.127 e. The van der Waals surface area contributed by atoms with Gasteiger partial charge in [-0.3, -0.25) is 0 Å². The van der Waals surface area contributed by atoms with Crippen molar-refractivity contribution in [2.75, 3.05) is 0 Å². The third-order valence-corrected chi connectivity index (χ3v) is 2.85. The summed E-state index contributed by atoms with van der Waals surface area (Å²) in [4.78, 5) is 0. The number of benzene rings is 1. The molecule has 1 aromatic carbocycles. The Balaban J connectivity index is 2.93. The largest absolute Gasteiger partial charge is 0.207 e. The maximum absolute atomic E-state index is 12.9. The Bertz CT molecular complexity index is 389. The van der Waals surface area contributed by atoms with E-state index in [4.69, 9.17) is 0 Å². The van der Waals surface area contributed by atoms with Gasteiger partial charge in [0.25, 0.3) is 0 Å². The van der Waals surface area contributed by atoms with Crippen molar-refractivity contribution in [3.8, 4) is 0 Å². The van der Waals surface area contributed by atoms with Crippen molar-refractivity contribution in [2.24, 2.45) is 0 Å². The molecule has 1 heterocycles. The standard InChI is InChI=1S/C9H7FS/c1-6-8(10)3-2-7-4-5-11-9(6)7/h2-5H,1H3. The third kappa shape index (κ3) is 0.942. The van der Waals surface area contributed by atoms with Gasteiger partial charge >= 0.3 is 0 Å². The quantitative estimate of drug-likeness (QED) is 0.563. The van der Waals surface area contributed by atoms with Crippen LogP contribution in [0.3, 0.4) is 0 Å². The van der Waals surface area contributed by atoms with Gasteiger partial charge < -0.3 is 0 Å². The van der Waals surface area contributed by atoms with Crippen molar-refractivity contribution in [3.05, 3.63) is 35.0 Å². The highest BCUT2D eigenvalue weighted by Crippen LogP contribution is 2.25. The minimum absolute atomic E-state index is 0.111. The predicted octanol–water partition coefficient (Wildman–Crippen LogP) is 3.35. The highest BCUT2D eigenvalue weighted by Gasteiger charge is 2.02. The van der Waals surface area contributed by atoms with Crippen LogP contribution in [0.4, 0.5) is 4.39 Å². The number of rotatable bonds is 0. The molecule has 2 aromatic rings. The topological polar surface area (TPSA) is 0 Å². The van der Waals surface area contributed by atoms with Crippen LogP contribution in [0.25, 0.3) is 10.1 Å². The zero-order valence-corrected chi connectivity index (χ0v) is 6.91. The molecule has 0 fully saturated rings. The van der Waals surface area contributed by atoms with E-state index in [-0.39, 0.29) is 5.82 Å². The van der Waals surface area contributed by atoms with E-state index < -0.39 is 0 Å². The van der Waals surface area contributed by atoms with Crippen LogP contribution in [0.1, 0.15) is 5.56 Å². The smallest absolute Gasteiger partial charge is 0.127 e. The molecule has 2 rings (SSSR count). The second-order valence-electron chi connectivity index (χ2n) is 2.51. The molecular formula is C9H7FS. The molecule has 0 aliphatic heterocycles. The first-order valence-electron chi connectivity index (χ1n) is 3.41. The van der Waals surface area contributed by atoms with Gasteiger partial charge in [-0.15, -0.1) is 11.3 Å². The molecule has 11 heavy (non-hydrogen) atoms. The van der Waals surface area contributed by atoms with Gasteiger partial charge in [-0.2, -0.15) is 0 Å². The van der Waals surface area contributed by atoms with Crippen LogP contribution < -0.4 is 0 Å². The Hall–Kier alpha value is -0.890. The van der Waals surface area contributed by atoms with Gasteiger partial charge in [0.1, 0.15) is 5.82 Å². The van der Waals surface area contributed by atoms with Crippen LogP contribution in [-0.4, -0.2) is 0 Å². The van der Waals surface area contributed by atoms with Gasteiger partial charge in [-0.25, -0.2) is 4.39 Å². The van der Waals surface area contributed by atoms with Crippen molar-refractivity contribution in [1.29, 1.82) is 0 Å². The van der Waals surface area contributed by atoms with Crippen LogP contribution in [0, 0.1) is 12.7 Å². The lowest BCUT2D eigenvalue weighted by molar-refractivity contribution is 0.621. The van der Waals surface area contributed by atoms with Gasteiger partial charge in [0, 0.05) is 10.3 Å². The Morgan fingerprint density at radius 2 is 2.09 bits per heavy atom. The molecule has 0 unspecified atom stereocenters. The van der Waals surface area contributed by atoms with E-state index >= 15 is 0 Å². The van der Waals surface area contributed by atoms with Gasteiger partial charge in [-0.05, 0) is 29.8 Å². The molecule has 56 valence electrons. The fourth-order valence-corrected chi connectivity index (χ4v) is 2.05. The monoisotopic (exact) mass is 166 g/mol. The van der Waals surface area contributed by atoms with E-state index in [0.717, 1.165) is 15.6 Å². The first-order valence-corrected chi connectivity index (χ1v) is 4.29. The third-order valence-electron chi connectivity index (χ3n) is 1.80. The first kappa shape index (κ1) is 6.80. The number of thiophene rings is 1. The number of fused-ring (bicyclic) bond motifs is 1. The number of hydrogen-bond donors (Lipinski definition) is 0. The molecule has 0 saturated carbocycles. The molecule has 0 atom stereocenters. The second kappa shape index (κ2) is 2.31. The molecule has 0 saturated heterocycles. The Morgan fingerprint density at radius 1 is 1.27 bits per heavy atom. The Morgan fingerprint density at radius 3 is 2.91 bits per heavy atom. The van der Waals surface area contributed by atoms with Crippen molar-refractivity contribution in [3.63, 3.8) is 0 Å². The molecule has 0 spiro atoms. The summed E-state index contributed by atoms with van der Waals surface area (Å²) in [6.45, 7) is 1.81. The summed E-state index contributed by atoms with van der Waals surface area (Å²) in [5.41, 5.74) is 0.762. The van der Waals surface area contributed by atoms with Crippen molar-refractivity contribution in [1.82, 2.24) is 0 Å². The summed E-state index contributed by atoms with van der Waals surface area (Å²) < 4.78 is 14.0. The lowest BCUT2D eigenvalue weighted by Gasteiger charge is -1.95. The predicted molar refractivity (Wildman–Crippen MR) is 46.5 cm³/mol. The Labute approximate surface area is 68.3 Å².